The van der Waals surface area contributed by atoms with Crippen molar-refractivity contribution in [2.75, 3.05) is 0 Å². The number of nitriles is 3. The Morgan fingerprint density at radius 2 is 1.77 bits per heavy atom. The zero-order valence-electron chi connectivity index (χ0n) is 16.0. The highest BCUT2D eigenvalue weighted by Gasteiger charge is 2.80. The normalized spacial score (nSPS) is 30.5. The molecule has 2 heterocycles. The van der Waals surface area contributed by atoms with Crippen LogP contribution in [-0.4, -0.2) is 5.90 Å². The topological polar surface area (TPSA) is 114 Å². The minimum absolute atomic E-state index is 0.304. The average Bonchev–Trinajstić information content (AvgIpc) is 2.92. The molecule has 4 rings (SSSR count). The fourth-order valence-electron chi connectivity index (χ4n) is 4.57. The third-order valence-corrected chi connectivity index (χ3v) is 6.37. The average molecular weight is 439 g/mol. The number of rotatable bonds is 2. The summed E-state index contributed by atoms with van der Waals surface area (Å²) < 4.78 is 40.7. The van der Waals surface area contributed by atoms with Crippen LogP contribution in [0.25, 0.3) is 0 Å². The molecule has 0 aromatic heterocycles. The maximum absolute atomic E-state index is 14.8. The van der Waals surface area contributed by atoms with Crippen molar-refractivity contribution in [2.45, 2.75) is 18.8 Å². The van der Waals surface area contributed by atoms with Crippen molar-refractivity contribution in [1.82, 2.24) is 0 Å². The van der Waals surface area contributed by atoms with Gasteiger partial charge in [0.05, 0.1) is 24.1 Å². The van der Waals surface area contributed by atoms with Crippen LogP contribution in [0.15, 0.2) is 42.5 Å². The lowest BCUT2D eigenvalue weighted by molar-refractivity contribution is -0.289. The summed E-state index contributed by atoms with van der Waals surface area (Å²) in [5.41, 5.74) is -4.65. The molecule has 4 atom stereocenters. The molecule has 2 aromatic carbocycles. The maximum Gasteiger partial charge on any atom is 0.244 e. The van der Waals surface area contributed by atoms with E-state index in [1.165, 1.54) is 13.0 Å². The summed E-state index contributed by atoms with van der Waals surface area (Å²) in [5.74, 6) is -5.29. The molecular weight excluding hydrogens is 426 g/mol. The second-order valence-electron chi connectivity index (χ2n) is 7.45. The van der Waals surface area contributed by atoms with Crippen molar-refractivity contribution in [3.05, 3.63) is 70.2 Å². The van der Waals surface area contributed by atoms with E-state index in [9.17, 15) is 24.6 Å². The molecule has 2 aromatic rings. The van der Waals surface area contributed by atoms with Crippen molar-refractivity contribution in [1.29, 1.82) is 21.2 Å². The van der Waals surface area contributed by atoms with Gasteiger partial charge in [-0.1, -0.05) is 30.7 Å². The van der Waals surface area contributed by atoms with Crippen LogP contribution in [0.2, 0.25) is 5.02 Å². The number of hydrogen-bond donors (Lipinski definition) is 1. The van der Waals surface area contributed by atoms with Crippen LogP contribution < -0.4 is 0 Å². The van der Waals surface area contributed by atoms with E-state index < -0.39 is 51.7 Å². The van der Waals surface area contributed by atoms with Crippen LogP contribution in [0.4, 0.5) is 8.78 Å². The molecule has 0 amide bonds. The summed E-state index contributed by atoms with van der Waals surface area (Å²) in [7, 11) is 0. The van der Waals surface area contributed by atoms with E-state index in [0.717, 1.165) is 18.2 Å². The number of nitrogens with zero attached hydrogens (tertiary/aromatic N) is 3. The molecule has 2 bridgehead atoms. The fourth-order valence-corrected chi connectivity index (χ4v) is 4.76. The molecule has 0 radical (unpaired) electrons. The van der Waals surface area contributed by atoms with Gasteiger partial charge >= 0.3 is 0 Å². The number of benzene rings is 2. The monoisotopic (exact) mass is 438 g/mol. The second-order valence-corrected chi connectivity index (χ2v) is 7.88. The van der Waals surface area contributed by atoms with Crippen molar-refractivity contribution in [2.24, 2.45) is 16.7 Å². The largest absolute Gasteiger partial charge is 0.443 e. The van der Waals surface area contributed by atoms with E-state index in [1.807, 2.05) is 6.07 Å². The predicted octanol–water partition coefficient (Wildman–Crippen LogP) is 4.73. The van der Waals surface area contributed by atoms with Gasteiger partial charge in [0.25, 0.3) is 0 Å². The highest BCUT2D eigenvalue weighted by Crippen LogP contribution is 2.69. The lowest BCUT2D eigenvalue weighted by atomic mass is 9.53. The smallest absolute Gasteiger partial charge is 0.244 e. The van der Waals surface area contributed by atoms with Crippen molar-refractivity contribution < 1.29 is 18.3 Å². The Morgan fingerprint density at radius 3 is 2.39 bits per heavy atom. The van der Waals surface area contributed by atoms with Crippen LogP contribution in [0.1, 0.15) is 24.2 Å². The Kier molecular flexibility index (Phi) is 4.52. The van der Waals surface area contributed by atoms with Crippen LogP contribution in [0, 0.1) is 67.8 Å². The van der Waals surface area contributed by atoms with E-state index in [-0.39, 0.29) is 0 Å². The van der Waals surface area contributed by atoms with Crippen LogP contribution in [-0.2, 0) is 15.3 Å². The van der Waals surface area contributed by atoms with Gasteiger partial charge in [-0.25, -0.2) is 8.78 Å². The van der Waals surface area contributed by atoms with Crippen LogP contribution in [0.5, 0.6) is 0 Å². The zero-order valence-corrected chi connectivity index (χ0v) is 16.7. The molecule has 2 aliphatic heterocycles. The SMILES string of the molecule is CC1C2(c3cccc(Cl)c3)OC(=N)C1(C#N)C(C#N)(C#N)C(c1cc(F)ccc1F)O2. The summed E-state index contributed by atoms with van der Waals surface area (Å²) in [6, 6.07) is 14.2. The molecule has 4 unspecified atom stereocenters. The maximum atomic E-state index is 14.8. The van der Waals surface area contributed by atoms with Gasteiger partial charge < -0.3 is 9.47 Å². The molecule has 2 fully saturated rings. The van der Waals surface area contributed by atoms with Crippen LogP contribution >= 0.6 is 11.6 Å². The number of hydrogen-bond acceptors (Lipinski definition) is 6. The van der Waals surface area contributed by atoms with Crippen LogP contribution in [0.3, 0.4) is 0 Å². The summed E-state index contributed by atoms with van der Waals surface area (Å²) in [6.07, 6.45) is -1.74. The fraction of sp³-hybridized carbons (Fsp3) is 0.273. The summed E-state index contributed by atoms with van der Waals surface area (Å²) in [6.45, 7) is 1.51. The third-order valence-electron chi connectivity index (χ3n) is 6.14. The van der Waals surface area contributed by atoms with E-state index >= 15 is 0 Å². The molecule has 2 saturated heterocycles. The standard InChI is InChI=1S/C22H13ClF2N4O2/c1-12-21(11-28)19(29)31-22(12,13-3-2-4-14(23)7-13)30-18(20(21,9-26)10-27)16-8-15(24)5-6-17(16)25/h2-8,12,18,29H,1H3. The lowest BCUT2D eigenvalue weighted by Crippen LogP contribution is -2.57. The highest BCUT2D eigenvalue weighted by atomic mass is 35.5. The van der Waals surface area contributed by atoms with Gasteiger partial charge in [0, 0.05) is 16.1 Å². The molecular formula is C22H13ClF2N4O2. The molecule has 154 valence electrons. The molecule has 1 N–H and O–H groups in total. The highest BCUT2D eigenvalue weighted by molar-refractivity contribution is 6.30. The second kappa shape index (κ2) is 6.75. The predicted molar refractivity (Wildman–Crippen MR) is 103 cm³/mol. The number of nitrogens with one attached hydrogen (secondary N) is 1. The Bertz CT molecular complexity index is 1230. The summed E-state index contributed by atoms with van der Waals surface area (Å²) in [5, 5.41) is 39.1. The Labute approximate surface area is 181 Å². The number of halogens is 3. The van der Waals surface area contributed by atoms with E-state index in [4.69, 9.17) is 26.5 Å². The lowest BCUT2D eigenvalue weighted by Gasteiger charge is -2.48. The minimum atomic E-state index is -2.40. The van der Waals surface area contributed by atoms with Crippen molar-refractivity contribution in [3.63, 3.8) is 0 Å². The number of ether oxygens (including phenoxy) is 2. The van der Waals surface area contributed by atoms with Gasteiger partial charge in [-0.15, -0.1) is 0 Å². The van der Waals surface area contributed by atoms with Gasteiger partial charge in [-0.05, 0) is 30.3 Å². The summed E-state index contributed by atoms with van der Waals surface area (Å²) in [4.78, 5) is 0. The van der Waals surface area contributed by atoms with E-state index in [2.05, 4.69) is 0 Å². The van der Waals surface area contributed by atoms with Gasteiger partial charge in [0.2, 0.25) is 17.1 Å². The van der Waals surface area contributed by atoms with E-state index in [1.54, 1.807) is 30.3 Å². The molecule has 31 heavy (non-hydrogen) atoms. The molecule has 0 spiro atoms. The van der Waals surface area contributed by atoms with Gasteiger partial charge in [-0.3, -0.25) is 5.41 Å². The molecule has 0 aliphatic carbocycles. The Hall–Kier alpha value is -3.51. The zero-order chi connectivity index (χ0) is 22.6. The first kappa shape index (κ1) is 20.8. The Balaban J connectivity index is 2.09. The van der Waals surface area contributed by atoms with E-state index in [0.29, 0.717) is 10.6 Å². The first-order valence-corrected chi connectivity index (χ1v) is 9.51. The van der Waals surface area contributed by atoms with Gasteiger partial charge in [0.1, 0.15) is 17.7 Å². The first-order chi connectivity index (χ1) is 14.7. The molecule has 9 heteroatoms. The number of fused-ring (bicyclic) bond motifs is 2. The molecule has 2 aliphatic rings. The Morgan fingerprint density at radius 1 is 1.06 bits per heavy atom. The molecule has 0 saturated carbocycles. The van der Waals surface area contributed by atoms with Crippen molar-refractivity contribution in [3.8, 4) is 18.2 Å². The first-order valence-electron chi connectivity index (χ1n) is 9.13. The van der Waals surface area contributed by atoms with Crippen molar-refractivity contribution >= 4 is 17.5 Å². The van der Waals surface area contributed by atoms with Gasteiger partial charge in [0.15, 0.2) is 5.41 Å². The summed E-state index contributed by atoms with van der Waals surface area (Å²) >= 11 is 6.12. The molecule has 6 nitrogen and oxygen atoms in total. The minimum Gasteiger partial charge on any atom is -0.443 e. The quantitative estimate of drug-likeness (QED) is 0.728. The third kappa shape index (κ3) is 2.39. The van der Waals surface area contributed by atoms with Gasteiger partial charge in [-0.2, -0.15) is 15.8 Å².